The summed E-state index contributed by atoms with van der Waals surface area (Å²) in [7, 11) is 0. The Morgan fingerprint density at radius 2 is 2.14 bits per heavy atom. The molecule has 0 atom stereocenters. The van der Waals surface area contributed by atoms with Gasteiger partial charge in [0.05, 0.1) is 11.8 Å². The number of furan rings is 1. The van der Waals surface area contributed by atoms with E-state index < -0.39 is 5.97 Å². The molecule has 3 rings (SSSR count). The molecule has 2 aromatic rings. The van der Waals surface area contributed by atoms with Gasteiger partial charge in [-0.25, -0.2) is 4.79 Å². The Morgan fingerprint density at radius 1 is 1.29 bits per heavy atom. The Morgan fingerprint density at radius 3 is 2.86 bits per heavy atom. The Balaban J connectivity index is 1.84. The second kappa shape index (κ2) is 5.28. The number of hydrogen-bond donors (Lipinski definition) is 1. The fraction of sp³-hybridized carbons (Fsp3) is 0.125. The van der Waals surface area contributed by atoms with Crippen LogP contribution in [0.25, 0.3) is 6.08 Å². The molecule has 1 N–H and O–H groups in total. The van der Waals surface area contributed by atoms with Crippen LogP contribution in [-0.2, 0) is 11.2 Å². The van der Waals surface area contributed by atoms with Crippen molar-refractivity contribution in [2.75, 3.05) is 11.4 Å². The van der Waals surface area contributed by atoms with Gasteiger partial charge in [0.25, 0.3) is 5.91 Å². The van der Waals surface area contributed by atoms with Crippen LogP contribution in [0.3, 0.4) is 0 Å². The van der Waals surface area contributed by atoms with Crippen LogP contribution in [0, 0.1) is 0 Å². The van der Waals surface area contributed by atoms with E-state index in [1.54, 1.807) is 41.3 Å². The lowest BCUT2D eigenvalue weighted by molar-refractivity contribution is -0.114. The molecule has 21 heavy (non-hydrogen) atoms. The van der Waals surface area contributed by atoms with Gasteiger partial charge in [-0.3, -0.25) is 4.79 Å². The van der Waals surface area contributed by atoms with E-state index in [0.717, 1.165) is 12.0 Å². The summed E-state index contributed by atoms with van der Waals surface area (Å²) in [5.41, 5.74) is 1.84. The summed E-state index contributed by atoms with van der Waals surface area (Å²) in [4.78, 5) is 24.8. The van der Waals surface area contributed by atoms with Crippen molar-refractivity contribution in [3.05, 3.63) is 59.6 Å². The predicted octanol–water partition coefficient (Wildman–Crippen LogP) is 2.58. The highest BCUT2D eigenvalue weighted by Gasteiger charge is 2.24. The van der Waals surface area contributed by atoms with Gasteiger partial charge in [0, 0.05) is 18.3 Å². The van der Waals surface area contributed by atoms with Gasteiger partial charge < -0.3 is 14.4 Å². The first kappa shape index (κ1) is 13.2. The number of anilines is 1. The third kappa shape index (κ3) is 2.58. The first-order valence-corrected chi connectivity index (χ1v) is 6.54. The third-order valence-corrected chi connectivity index (χ3v) is 3.43. The molecular weight excluding hydrogens is 270 g/mol. The van der Waals surface area contributed by atoms with E-state index in [-0.39, 0.29) is 11.5 Å². The Hall–Kier alpha value is -2.82. The standard InChI is InChI=1S/C16H13NO4/c18-15(6-5-13-2-1-9-21-13)17-8-7-11-3-4-12(16(19)20)10-14(11)17/h1-6,9-10H,7-8H2,(H,19,20)/b6-5+. The molecule has 1 aliphatic rings. The van der Waals surface area contributed by atoms with Crippen LogP contribution in [0.15, 0.2) is 47.1 Å². The van der Waals surface area contributed by atoms with Crippen molar-refractivity contribution in [1.29, 1.82) is 0 Å². The smallest absolute Gasteiger partial charge is 0.335 e. The lowest BCUT2D eigenvalue weighted by Gasteiger charge is -2.15. The topological polar surface area (TPSA) is 70.8 Å². The number of carbonyl (C=O) groups is 2. The summed E-state index contributed by atoms with van der Waals surface area (Å²) in [5, 5.41) is 9.04. The quantitative estimate of drug-likeness (QED) is 0.879. The van der Waals surface area contributed by atoms with Crippen molar-refractivity contribution < 1.29 is 19.1 Å². The van der Waals surface area contributed by atoms with Gasteiger partial charge >= 0.3 is 5.97 Å². The van der Waals surface area contributed by atoms with Crippen molar-refractivity contribution in [2.24, 2.45) is 0 Å². The first-order chi connectivity index (χ1) is 10.1. The summed E-state index contributed by atoms with van der Waals surface area (Å²) < 4.78 is 5.13. The number of fused-ring (bicyclic) bond motifs is 1. The molecule has 0 fully saturated rings. The highest BCUT2D eigenvalue weighted by Crippen LogP contribution is 2.29. The van der Waals surface area contributed by atoms with Gasteiger partial charge in [0.1, 0.15) is 5.76 Å². The summed E-state index contributed by atoms with van der Waals surface area (Å²) >= 11 is 0. The molecule has 1 aromatic heterocycles. The first-order valence-electron chi connectivity index (χ1n) is 6.54. The van der Waals surface area contributed by atoms with E-state index in [1.165, 1.54) is 12.3 Å². The summed E-state index contributed by atoms with van der Waals surface area (Å²) in [6.45, 7) is 0.555. The van der Waals surface area contributed by atoms with Crippen LogP contribution in [-0.4, -0.2) is 23.5 Å². The van der Waals surface area contributed by atoms with Gasteiger partial charge in [-0.2, -0.15) is 0 Å². The molecule has 2 heterocycles. The summed E-state index contributed by atoms with van der Waals surface area (Å²) in [5.74, 6) is -0.585. The van der Waals surface area contributed by atoms with Crippen LogP contribution in [0.2, 0.25) is 0 Å². The molecular formula is C16H13NO4. The average Bonchev–Trinajstić information content (AvgIpc) is 3.13. The normalized spacial score (nSPS) is 13.6. The molecule has 1 aromatic carbocycles. The van der Waals surface area contributed by atoms with Crippen molar-refractivity contribution >= 4 is 23.6 Å². The fourth-order valence-corrected chi connectivity index (χ4v) is 2.37. The number of benzene rings is 1. The predicted molar refractivity (Wildman–Crippen MR) is 77.2 cm³/mol. The largest absolute Gasteiger partial charge is 0.478 e. The summed E-state index contributed by atoms with van der Waals surface area (Å²) in [6, 6.07) is 8.37. The molecule has 1 amide bonds. The zero-order chi connectivity index (χ0) is 14.8. The van der Waals surface area contributed by atoms with Crippen LogP contribution in [0.5, 0.6) is 0 Å². The van der Waals surface area contributed by atoms with Crippen LogP contribution < -0.4 is 4.90 Å². The molecule has 0 unspecified atom stereocenters. The lowest BCUT2D eigenvalue weighted by atomic mass is 10.1. The van der Waals surface area contributed by atoms with E-state index in [0.29, 0.717) is 18.0 Å². The van der Waals surface area contributed by atoms with Crippen molar-refractivity contribution in [2.45, 2.75) is 6.42 Å². The maximum Gasteiger partial charge on any atom is 0.335 e. The third-order valence-electron chi connectivity index (χ3n) is 3.43. The van der Waals surface area contributed by atoms with Gasteiger partial charge in [-0.1, -0.05) is 6.07 Å². The van der Waals surface area contributed by atoms with Crippen LogP contribution in [0.4, 0.5) is 5.69 Å². The lowest BCUT2D eigenvalue weighted by Crippen LogP contribution is -2.27. The Bertz CT molecular complexity index is 716. The number of carboxylic acid groups (broad SMARTS) is 1. The van der Waals surface area contributed by atoms with Gasteiger partial charge in [0.15, 0.2) is 0 Å². The highest BCUT2D eigenvalue weighted by molar-refractivity contribution is 6.05. The molecule has 0 aliphatic carbocycles. The fourth-order valence-electron chi connectivity index (χ4n) is 2.37. The maximum atomic E-state index is 12.2. The van der Waals surface area contributed by atoms with Crippen molar-refractivity contribution in [1.82, 2.24) is 0 Å². The zero-order valence-corrected chi connectivity index (χ0v) is 11.2. The number of carboxylic acids is 1. The van der Waals surface area contributed by atoms with Gasteiger partial charge in [0.2, 0.25) is 0 Å². The molecule has 106 valence electrons. The van der Waals surface area contributed by atoms with E-state index in [1.807, 2.05) is 0 Å². The number of amides is 1. The molecule has 0 bridgehead atoms. The average molecular weight is 283 g/mol. The van der Waals surface area contributed by atoms with Gasteiger partial charge in [-0.05, 0) is 42.3 Å². The van der Waals surface area contributed by atoms with E-state index in [2.05, 4.69) is 0 Å². The minimum atomic E-state index is -0.997. The van der Waals surface area contributed by atoms with Crippen LogP contribution >= 0.6 is 0 Å². The molecule has 0 saturated carbocycles. The summed E-state index contributed by atoms with van der Waals surface area (Å²) in [6.07, 6.45) is 5.30. The number of carbonyl (C=O) groups excluding carboxylic acids is 1. The molecule has 1 aliphatic heterocycles. The monoisotopic (exact) mass is 283 g/mol. The number of nitrogens with zero attached hydrogens (tertiary/aromatic N) is 1. The molecule has 5 nitrogen and oxygen atoms in total. The van der Waals surface area contributed by atoms with E-state index >= 15 is 0 Å². The van der Waals surface area contributed by atoms with Crippen LogP contribution in [0.1, 0.15) is 21.7 Å². The Kier molecular flexibility index (Phi) is 3.31. The number of rotatable bonds is 3. The number of hydrogen-bond acceptors (Lipinski definition) is 3. The van der Waals surface area contributed by atoms with E-state index in [9.17, 15) is 9.59 Å². The minimum Gasteiger partial charge on any atom is -0.478 e. The minimum absolute atomic E-state index is 0.184. The number of aromatic carboxylic acids is 1. The zero-order valence-electron chi connectivity index (χ0n) is 11.2. The Labute approximate surface area is 121 Å². The van der Waals surface area contributed by atoms with Crippen molar-refractivity contribution in [3.8, 4) is 0 Å². The SMILES string of the molecule is O=C(O)c1ccc2c(c1)N(C(=O)/C=C/c1ccco1)CC2. The molecule has 0 radical (unpaired) electrons. The molecule has 0 spiro atoms. The second-order valence-electron chi connectivity index (χ2n) is 4.74. The molecule has 5 heteroatoms. The van der Waals surface area contributed by atoms with E-state index in [4.69, 9.17) is 9.52 Å². The maximum absolute atomic E-state index is 12.2. The van der Waals surface area contributed by atoms with Crippen molar-refractivity contribution in [3.63, 3.8) is 0 Å². The second-order valence-corrected chi connectivity index (χ2v) is 4.74. The molecule has 0 saturated heterocycles. The highest BCUT2D eigenvalue weighted by atomic mass is 16.4. The van der Waals surface area contributed by atoms with Gasteiger partial charge in [-0.15, -0.1) is 0 Å².